The summed E-state index contributed by atoms with van der Waals surface area (Å²) in [6, 6.07) is 0. The molecule has 47 valence electrons. The average molecular weight is 399 g/mol. The van der Waals surface area contributed by atoms with E-state index in [0.717, 1.165) is 0 Å². The molecule has 0 aromatic heterocycles. The predicted octanol–water partition coefficient (Wildman–Crippen LogP) is -6.19. The minimum atomic E-state index is 0. The SMILES string of the molecule is [Cu].[GaH3].[InH3].[SeH2].[SiH4].[SiH4]. The predicted molar refractivity (Wildman–Crippen MR) is 51.1 cm³/mol. The molecule has 6 heteroatoms. The van der Waals surface area contributed by atoms with Gasteiger partial charge in [0.05, 0.1) is 0 Å². The van der Waals surface area contributed by atoms with E-state index in [2.05, 4.69) is 0 Å². The first kappa shape index (κ1) is 64.4. The molecule has 0 aliphatic heterocycles. The normalized spacial score (nSPS) is 0. The van der Waals surface area contributed by atoms with Gasteiger partial charge < -0.3 is 0 Å². The molecule has 0 N–H and O–H groups in total. The molecule has 0 saturated heterocycles. The summed E-state index contributed by atoms with van der Waals surface area (Å²) >= 11 is 0. The van der Waals surface area contributed by atoms with Crippen molar-refractivity contribution in [1.29, 1.82) is 0 Å². The zero-order valence-electron chi connectivity index (χ0n) is 0.802. The van der Waals surface area contributed by atoms with Crippen LogP contribution in [-0.2, 0) is 17.1 Å². The Morgan fingerprint density at radius 1 is 0.833 bits per heavy atom. The smallest absolute Gasteiger partial charge is 0.0149 e. The molecular formula is H16CuGaInSeSi2. The third kappa shape index (κ3) is 28.1. The van der Waals surface area contributed by atoms with Gasteiger partial charge in [-0.05, 0) is 21.9 Å². The zero-order valence-corrected chi connectivity index (χ0v) is 3.84. The summed E-state index contributed by atoms with van der Waals surface area (Å²) in [5.74, 6) is 0. The summed E-state index contributed by atoms with van der Waals surface area (Å²) in [5.41, 5.74) is 0. The van der Waals surface area contributed by atoms with Crippen molar-refractivity contribution in [3.63, 3.8) is 0 Å². The van der Waals surface area contributed by atoms with Gasteiger partial charge >= 0.3 is 62.7 Å². The first-order valence-corrected chi connectivity index (χ1v) is 0. The van der Waals surface area contributed by atoms with Crippen LogP contribution in [0.15, 0.2) is 0 Å². The Hall–Kier alpha value is 2.98. The summed E-state index contributed by atoms with van der Waals surface area (Å²) < 4.78 is 0. The van der Waals surface area contributed by atoms with Gasteiger partial charge in [-0.2, -0.15) is 0 Å². The van der Waals surface area contributed by atoms with E-state index >= 15 is 0 Å². The van der Waals surface area contributed by atoms with E-state index in [4.69, 9.17) is 0 Å². The van der Waals surface area contributed by atoms with E-state index in [1.54, 1.807) is 0 Å². The van der Waals surface area contributed by atoms with E-state index in [-0.39, 0.29) is 102 Å². The standard InChI is InChI=1S/Cu.Ga.In.H2Se.2H4Si.6H/h;;;1H2;2*1H4;;;;;;. The van der Waals surface area contributed by atoms with Crippen molar-refractivity contribution < 1.29 is 17.1 Å². The Balaban J connectivity index is 0. The van der Waals surface area contributed by atoms with Crippen molar-refractivity contribution in [3.8, 4) is 0 Å². The van der Waals surface area contributed by atoms with Crippen LogP contribution in [0.4, 0.5) is 0 Å². The van der Waals surface area contributed by atoms with E-state index in [9.17, 15) is 0 Å². The topological polar surface area (TPSA) is 0 Å². The quantitative estimate of drug-likeness (QED) is 0.356. The zero-order chi connectivity index (χ0) is 0. The van der Waals surface area contributed by atoms with Gasteiger partial charge in [0, 0.05) is 17.1 Å². The molecule has 0 spiro atoms. The van der Waals surface area contributed by atoms with Gasteiger partial charge in [0.15, 0.2) is 0 Å². The fraction of sp³-hybridized carbons (Fsp3) is 0. The number of hydrogen-bond acceptors (Lipinski definition) is 0. The second-order valence-corrected chi connectivity index (χ2v) is 0. The van der Waals surface area contributed by atoms with Crippen LogP contribution in [0.5, 0.6) is 0 Å². The molecule has 0 aliphatic carbocycles. The first-order chi connectivity index (χ1) is 0. The molecule has 6 heavy (non-hydrogen) atoms. The van der Waals surface area contributed by atoms with Crippen molar-refractivity contribution in [2.24, 2.45) is 0 Å². The monoisotopic (exact) mass is 399 g/mol. The molecule has 0 amide bonds. The van der Waals surface area contributed by atoms with Crippen LogP contribution < -0.4 is 0 Å². The van der Waals surface area contributed by atoms with Crippen LogP contribution in [0.3, 0.4) is 0 Å². The third-order valence-electron chi connectivity index (χ3n) is 0. The second kappa shape index (κ2) is 43.8. The summed E-state index contributed by atoms with van der Waals surface area (Å²) in [7, 11) is 0. The molecule has 0 fully saturated rings. The van der Waals surface area contributed by atoms with Gasteiger partial charge in [0.25, 0.3) is 0 Å². The minimum absolute atomic E-state index is 0. The number of hydrogen-bond donors (Lipinski definition) is 0. The Kier molecular flexibility index (Phi) is 470. The van der Waals surface area contributed by atoms with Crippen LogP contribution in [-0.4, -0.2) is 84.6 Å². The molecule has 1 radical (unpaired) electrons. The summed E-state index contributed by atoms with van der Waals surface area (Å²) in [6.07, 6.45) is 0. The van der Waals surface area contributed by atoms with E-state index < -0.39 is 0 Å². The fourth-order valence-electron chi connectivity index (χ4n) is 0. The molecular weight excluding hydrogens is 383 g/mol. The third-order valence-corrected chi connectivity index (χ3v) is 0. The maximum Gasteiger partial charge on any atom is -0.0149 e. The van der Waals surface area contributed by atoms with Crippen LogP contribution in [0.1, 0.15) is 0 Å². The van der Waals surface area contributed by atoms with Crippen molar-refractivity contribution in [1.82, 2.24) is 0 Å². The average Bonchev–Trinajstić information content (AvgIpc) is 0. The maximum atomic E-state index is 0. The Morgan fingerprint density at radius 2 is 0.833 bits per heavy atom. The summed E-state index contributed by atoms with van der Waals surface area (Å²) in [4.78, 5) is 0. The van der Waals surface area contributed by atoms with Crippen LogP contribution in [0, 0.1) is 0 Å². The van der Waals surface area contributed by atoms with E-state index in [1.165, 1.54) is 0 Å². The molecule has 0 nitrogen and oxygen atoms in total. The van der Waals surface area contributed by atoms with Crippen molar-refractivity contribution in [2.45, 2.75) is 0 Å². The molecule has 0 aromatic rings. The second-order valence-electron chi connectivity index (χ2n) is 0. The van der Waals surface area contributed by atoms with Crippen LogP contribution in [0.25, 0.3) is 0 Å². The minimum Gasteiger partial charge on any atom is -0.0149 e. The van der Waals surface area contributed by atoms with Gasteiger partial charge in [-0.1, -0.05) is 0 Å². The van der Waals surface area contributed by atoms with Crippen LogP contribution in [0.2, 0.25) is 0 Å². The molecule has 0 aromatic carbocycles. The van der Waals surface area contributed by atoms with Gasteiger partial charge in [0.1, 0.15) is 0 Å². The Bertz CT molecular complexity index is 13.5. The Labute approximate surface area is 100 Å². The van der Waals surface area contributed by atoms with Gasteiger partial charge in [-0.25, -0.2) is 0 Å². The molecule has 0 bridgehead atoms. The maximum absolute atomic E-state index is 0. The first-order valence-electron chi connectivity index (χ1n) is 0. The van der Waals surface area contributed by atoms with Crippen molar-refractivity contribution >= 4 is 84.6 Å². The van der Waals surface area contributed by atoms with E-state index in [0.29, 0.717) is 0 Å². The van der Waals surface area contributed by atoms with Gasteiger partial charge in [0.2, 0.25) is 0 Å². The summed E-state index contributed by atoms with van der Waals surface area (Å²) in [6.45, 7) is 0. The molecule has 0 saturated carbocycles. The van der Waals surface area contributed by atoms with Crippen LogP contribution >= 0.6 is 0 Å². The largest absolute Gasteiger partial charge is 0.0149 e. The van der Waals surface area contributed by atoms with Crippen molar-refractivity contribution in [2.75, 3.05) is 0 Å². The molecule has 0 aliphatic rings. The summed E-state index contributed by atoms with van der Waals surface area (Å²) in [5, 5.41) is 0. The molecule has 0 rings (SSSR count). The number of rotatable bonds is 0. The fourth-order valence-corrected chi connectivity index (χ4v) is 0. The van der Waals surface area contributed by atoms with Crippen molar-refractivity contribution in [3.05, 3.63) is 0 Å². The van der Waals surface area contributed by atoms with Gasteiger partial charge in [-0.15, -0.1) is 0 Å². The Morgan fingerprint density at radius 3 is 0.833 bits per heavy atom. The van der Waals surface area contributed by atoms with Gasteiger partial charge in [-0.3, -0.25) is 0 Å². The van der Waals surface area contributed by atoms with E-state index in [1.807, 2.05) is 0 Å². The molecule has 0 unspecified atom stereocenters. The molecule has 0 heterocycles. The molecule has 0 atom stereocenters.